The van der Waals surface area contributed by atoms with E-state index in [0.717, 1.165) is 0 Å². The number of carbonyl (C=O) groups is 5. The third-order valence-electron chi connectivity index (χ3n) is 7.43. The number of esters is 1. The van der Waals surface area contributed by atoms with Gasteiger partial charge in [0.05, 0.1) is 17.2 Å². The maximum absolute atomic E-state index is 13.4. The molecule has 0 unspecified atom stereocenters. The highest BCUT2D eigenvalue weighted by atomic mass is 16.7. The Labute approximate surface area is 271 Å². The minimum atomic E-state index is -1.15. The number of Topliss-reactive ketones (excluding diaryl/α,β-unsaturated/α-hetero) is 1. The summed E-state index contributed by atoms with van der Waals surface area (Å²) in [6.07, 6.45) is -1.28. The maximum atomic E-state index is 13.4. The lowest BCUT2D eigenvalue weighted by atomic mass is 9.98. The molecular weight excluding hydrogens is 612 g/mol. The quantitative estimate of drug-likeness (QED) is 0.155. The molecule has 0 aromatic heterocycles. The molecule has 2 N–H and O–H groups in total. The van der Waals surface area contributed by atoms with E-state index in [1.807, 2.05) is 0 Å². The number of nitrogens with one attached hydrogen (secondary N) is 1. The second-order valence-corrected chi connectivity index (χ2v) is 10.7. The molecule has 1 heterocycles. The lowest BCUT2D eigenvalue weighted by Crippen LogP contribution is -2.51. The fourth-order valence-corrected chi connectivity index (χ4v) is 4.96. The van der Waals surface area contributed by atoms with Gasteiger partial charge in [-0.25, -0.2) is 9.59 Å². The first-order valence-corrected chi connectivity index (χ1v) is 14.7. The highest BCUT2D eigenvalue weighted by Gasteiger charge is 2.33. The number of methoxy groups -OCH3 is 2. The van der Waals surface area contributed by atoms with Crippen LogP contribution in [0.25, 0.3) is 0 Å². The monoisotopic (exact) mass is 648 g/mol. The minimum Gasteiger partial charge on any atom is -0.468 e. The van der Waals surface area contributed by atoms with Gasteiger partial charge >= 0.3 is 12.1 Å². The first-order valence-electron chi connectivity index (χ1n) is 14.7. The van der Waals surface area contributed by atoms with Gasteiger partial charge in [-0.05, 0) is 74.4 Å². The van der Waals surface area contributed by atoms with Crippen LogP contribution in [-0.2, 0) is 14.2 Å². The van der Waals surface area contributed by atoms with Crippen LogP contribution < -0.4 is 14.8 Å². The number of benzene rings is 3. The van der Waals surface area contributed by atoms with Crippen LogP contribution in [0.4, 0.5) is 4.79 Å². The molecular formula is C34H36N2O11. The number of rotatable bonds is 13. The lowest BCUT2D eigenvalue weighted by Gasteiger charge is -2.28. The van der Waals surface area contributed by atoms with E-state index in [0.29, 0.717) is 29.7 Å². The van der Waals surface area contributed by atoms with E-state index in [1.165, 1.54) is 62.4 Å². The summed E-state index contributed by atoms with van der Waals surface area (Å²) in [5.74, 6) is -1.11. The molecule has 3 aromatic carbocycles. The van der Waals surface area contributed by atoms with E-state index < -0.39 is 35.9 Å². The normalized spacial score (nSPS) is 16.0. The van der Waals surface area contributed by atoms with Crippen molar-refractivity contribution in [2.45, 2.75) is 31.9 Å². The van der Waals surface area contributed by atoms with Gasteiger partial charge in [-0.2, -0.15) is 0 Å². The van der Waals surface area contributed by atoms with Crippen molar-refractivity contribution in [3.63, 3.8) is 0 Å². The van der Waals surface area contributed by atoms with Gasteiger partial charge in [-0.15, -0.1) is 0 Å². The van der Waals surface area contributed by atoms with Gasteiger partial charge in [0, 0.05) is 44.0 Å². The van der Waals surface area contributed by atoms with Crippen LogP contribution >= 0.6 is 0 Å². The Hall–Kier alpha value is -5.27. The second-order valence-electron chi connectivity index (χ2n) is 10.7. The highest BCUT2D eigenvalue weighted by molar-refractivity contribution is 6.12. The molecule has 1 saturated heterocycles. The third-order valence-corrected chi connectivity index (χ3v) is 7.43. The van der Waals surface area contributed by atoms with Crippen molar-refractivity contribution in [2.75, 3.05) is 40.9 Å². The average molecular weight is 649 g/mol. The molecule has 13 nitrogen and oxygen atoms in total. The van der Waals surface area contributed by atoms with E-state index in [-0.39, 0.29) is 54.9 Å². The minimum absolute atomic E-state index is 0.0461. The number of hydrogen-bond donors (Lipinski definition) is 2. The molecule has 2 atom stereocenters. The zero-order valence-electron chi connectivity index (χ0n) is 26.2. The molecule has 4 rings (SSSR count). The van der Waals surface area contributed by atoms with Gasteiger partial charge in [0.15, 0.2) is 25.2 Å². The SMILES string of the molecule is COCOc1ccc(C(=O)N[C@@H]2CN(C(=O)O)CCC[C@H]2OC(=O)c2ccc(C(=O)c3cc(C(C)=O)ccc3OCOC)cc2)cc1. The standard InChI is InChI=1S/C34H36N2O11/c1-21(37)25-12-15-29(46-20-44-3)27(17-25)31(38)22-6-8-24(9-7-22)33(40)47-30-5-4-16-36(34(41)42)18-28(30)35-32(39)23-10-13-26(14-11-23)45-19-43-2/h6-15,17,28,30H,4-5,16,18-20H2,1-3H3,(H,35,39)(H,41,42)/t28-,30-/m1/s1. The van der Waals surface area contributed by atoms with Crippen molar-refractivity contribution in [1.82, 2.24) is 10.2 Å². The summed E-state index contributed by atoms with van der Waals surface area (Å²) in [5, 5.41) is 12.5. The lowest BCUT2D eigenvalue weighted by molar-refractivity contribution is 0.0178. The zero-order valence-corrected chi connectivity index (χ0v) is 26.2. The van der Waals surface area contributed by atoms with Crippen molar-refractivity contribution in [2.24, 2.45) is 0 Å². The Morgan fingerprint density at radius 2 is 1.45 bits per heavy atom. The van der Waals surface area contributed by atoms with E-state index >= 15 is 0 Å². The molecule has 0 radical (unpaired) electrons. The molecule has 1 aliphatic rings. The first kappa shape index (κ1) is 34.6. The topological polar surface area (TPSA) is 167 Å². The number of ether oxygens (including phenoxy) is 5. The summed E-state index contributed by atoms with van der Waals surface area (Å²) in [6, 6.07) is 15.8. The molecule has 248 valence electrons. The first-order chi connectivity index (χ1) is 22.6. The molecule has 0 saturated carbocycles. The van der Waals surface area contributed by atoms with Crippen LogP contribution in [0.5, 0.6) is 11.5 Å². The number of hydrogen-bond acceptors (Lipinski definition) is 10. The molecule has 0 aliphatic carbocycles. The maximum Gasteiger partial charge on any atom is 0.407 e. The highest BCUT2D eigenvalue weighted by Crippen LogP contribution is 2.25. The summed E-state index contributed by atoms with van der Waals surface area (Å²) < 4.78 is 26.5. The molecule has 0 bridgehead atoms. The van der Waals surface area contributed by atoms with Gasteiger partial charge in [-0.3, -0.25) is 14.4 Å². The Bertz CT molecular complexity index is 1590. The third kappa shape index (κ3) is 9.15. The van der Waals surface area contributed by atoms with Crippen LogP contribution in [0.15, 0.2) is 66.7 Å². The van der Waals surface area contributed by atoms with E-state index in [1.54, 1.807) is 30.3 Å². The molecule has 2 amide bonds. The van der Waals surface area contributed by atoms with Crippen LogP contribution in [0.1, 0.15) is 66.8 Å². The van der Waals surface area contributed by atoms with Crippen molar-refractivity contribution in [1.29, 1.82) is 0 Å². The number of carbonyl (C=O) groups excluding carboxylic acids is 4. The summed E-state index contributed by atoms with van der Waals surface area (Å²) in [5.41, 5.74) is 1.17. The van der Waals surface area contributed by atoms with Gasteiger partial charge < -0.3 is 39.0 Å². The molecule has 1 aliphatic heterocycles. The predicted octanol–water partition coefficient (Wildman–Crippen LogP) is 4.18. The number of amides is 2. The van der Waals surface area contributed by atoms with E-state index in [9.17, 15) is 29.1 Å². The largest absolute Gasteiger partial charge is 0.468 e. The average Bonchev–Trinajstić information content (AvgIpc) is 3.28. The Kier molecular flexibility index (Phi) is 12.0. The van der Waals surface area contributed by atoms with Crippen molar-refractivity contribution < 1.29 is 52.8 Å². The summed E-state index contributed by atoms with van der Waals surface area (Å²) in [7, 11) is 2.93. The molecule has 1 fully saturated rings. The van der Waals surface area contributed by atoms with Crippen molar-refractivity contribution in [3.8, 4) is 11.5 Å². The molecule has 0 spiro atoms. The van der Waals surface area contributed by atoms with Crippen LogP contribution in [0, 0.1) is 0 Å². The smallest absolute Gasteiger partial charge is 0.407 e. The van der Waals surface area contributed by atoms with Crippen LogP contribution in [0.2, 0.25) is 0 Å². The Morgan fingerprint density at radius 1 is 0.830 bits per heavy atom. The fourth-order valence-electron chi connectivity index (χ4n) is 4.96. The summed E-state index contributed by atoms with van der Waals surface area (Å²) in [6.45, 7) is 1.45. The number of ketones is 2. The Morgan fingerprint density at radius 3 is 2.09 bits per heavy atom. The zero-order chi connectivity index (χ0) is 33.9. The fraction of sp³-hybridized carbons (Fsp3) is 0.324. The van der Waals surface area contributed by atoms with Gasteiger partial charge in [0.25, 0.3) is 5.91 Å². The van der Waals surface area contributed by atoms with Gasteiger partial charge in [0.1, 0.15) is 17.6 Å². The van der Waals surface area contributed by atoms with Crippen molar-refractivity contribution >= 4 is 29.5 Å². The van der Waals surface area contributed by atoms with Gasteiger partial charge in [-0.1, -0.05) is 12.1 Å². The Balaban J connectivity index is 1.50. The molecule has 3 aromatic rings. The number of nitrogens with zero attached hydrogens (tertiary/aromatic N) is 1. The van der Waals surface area contributed by atoms with Crippen molar-refractivity contribution in [3.05, 3.63) is 94.5 Å². The predicted molar refractivity (Wildman–Crippen MR) is 167 cm³/mol. The summed E-state index contributed by atoms with van der Waals surface area (Å²) >= 11 is 0. The van der Waals surface area contributed by atoms with E-state index in [4.69, 9.17) is 23.7 Å². The summed E-state index contributed by atoms with van der Waals surface area (Å²) in [4.78, 5) is 64.7. The number of carboxylic acid groups (broad SMARTS) is 1. The molecule has 47 heavy (non-hydrogen) atoms. The second kappa shape index (κ2) is 16.3. The van der Waals surface area contributed by atoms with Crippen LogP contribution in [0.3, 0.4) is 0 Å². The molecule has 13 heteroatoms. The van der Waals surface area contributed by atoms with E-state index in [2.05, 4.69) is 5.32 Å². The number of likely N-dealkylation sites (tertiary alicyclic amines) is 1. The van der Waals surface area contributed by atoms with Gasteiger partial charge in [0.2, 0.25) is 0 Å². The van der Waals surface area contributed by atoms with Crippen LogP contribution in [-0.4, -0.2) is 92.6 Å².